The summed E-state index contributed by atoms with van der Waals surface area (Å²) >= 11 is 1.38. The number of nitrogens with zero attached hydrogens (tertiary/aromatic N) is 2. The summed E-state index contributed by atoms with van der Waals surface area (Å²) in [5.74, 6) is 1.26. The molecular weight excluding hydrogens is 246 g/mol. The van der Waals surface area contributed by atoms with Crippen LogP contribution in [0.3, 0.4) is 0 Å². The summed E-state index contributed by atoms with van der Waals surface area (Å²) in [5.41, 5.74) is 7.85. The van der Waals surface area contributed by atoms with Crippen molar-refractivity contribution in [1.82, 2.24) is 10.2 Å². The van der Waals surface area contributed by atoms with Crippen LogP contribution < -0.4 is 10.5 Å². The van der Waals surface area contributed by atoms with Gasteiger partial charge in [0.05, 0.1) is 0 Å². The van der Waals surface area contributed by atoms with Gasteiger partial charge >= 0.3 is 0 Å². The zero-order chi connectivity index (χ0) is 13.1. The number of benzene rings is 1. The van der Waals surface area contributed by atoms with Crippen LogP contribution in [0, 0.1) is 6.92 Å². The van der Waals surface area contributed by atoms with Gasteiger partial charge in [-0.3, -0.25) is 0 Å². The van der Waals surface area contributed by atoms with Crippen molar-refractivity contribution in [3.8, 4) is 10.9 Å². The van der Waals surface area contributed by atoms with Crippen LogP contribution in [0.4, 0.5) is 0 Å². The van der Waals surface area contributed by atoms with E-state index in [-0.39, 0.29) is 0 Å². The third-order valence-electron chi connectivity index (χ3n) is 2.61. The molecule has 1 heterocycles. The molecule has 1 aromatic carbocycles. The lowest BCUT2D eigenvalue weighted by molar-refractivity contribution is 0.464. The van der Waals surface area contributed by atoms with Gasteiger partial charge in [-0.2, -0.15) is 0 Å². The van der Waals surface area contributed by atoms with Crippen molar-refractivity contribution in [2.75, 3.05) is 0 Å². The van der Waals surface area contributed by atoms with Gasteiger partial charge < -0.3 is 10.5 Å². The summed E-state index contributed by atoms with van der Waals surface area (Å²) in [6.07, 6.45) is 0. The van der Waals surface area contributed by atoms with E-state index < -0.39 is 0 Å². The monoisotopic (exact) mass is 263 g/mol. The topological polar surface area (TPSA) is 61.0 Å². The molecule has 96 valence electrons. The first kappa shape index (κ1) is 13.0. The maximum atomic E-state index is 5.82. The van der Waals surface area contributed by atoms with Crippen LogP contribution >= 0.6 is 11.3 Å². The van der Waals surface area contributed by atoms with Crippen molar-refractivity contribution in [3.05, 3.63) is 34.3 Å². The second-order valence-corrected chi connectivity index (χ2v) is 5.49. The number of ether oxygens (including phenoxy) is 1. The minimum atomic E-state index is 0.395. The Morgan fingerprint density at radius 1 is 1.33 bits per heavy atom. The number of nitrogens with two attached hydrogens (primary N) is 1. The van der Waals surface area contributed by atoms with Crippen LogP contribution in [0.25, 0.3) is 0 Å². The van der Waals surface area contributed by atoms with Crippen LogP contribution in [0.15, 0.2) is 18.2 Å². The fourth-order valence-electron chi connectivity index (χ4n) is 1.66. The summed E-state index contributed by atoms with van der Waals surface area (Å²) in [7, 11) is 0. The van der Waals surface area contributed by atoms with E-state index in [1.807, 2.05) is 13.0 Å². The normalized spacial score (nSPS) is 10.9. The molecule has 0 unspecified atom stereocenters. The van der Waals surface area contributed by atoms with Gasteiger partial charge in [0.2, 0.25) is 0 Å². The van der Waals surface area contributed by atoms with E-state index in [4.69, 9.17) is 10.5 Å². The molecule has 0 aliphatic carbocycles. The van der Waals surface area contributed by atoms with Crippen LogP contribution in [-0.2, 0) is 6.54 Å². The Morgan fingerprint density at radius 3 is 2.72 bits per heavy atom. The molecule has 2 rings (SSSR count). The molecule has 0 aliphatic rings. The number of hydrogen-bond donors (Lipinski definition) is 1. The molecule has 0 spiro atoms. The van der Waals surface area contributed by atoms with Gasteiger partial charge in [0.1, 0.15) is 10.8 Å². The second-order valence-electron chi connectivity index (χ2n) is 4.46. The summed E-state index contributed by atoms with van der Waals surface area (Å²) in [5, 5.41) is 9.25. The lowest BCUT2D eigenvalue weighted by atomic mass is 10.0. The highest BCUT2D eigenvalue weighted by atomic mass is 32.1. The first-order valence-electron chi connectivity index (χ1n) is 5.91. The Kier molecular flexibility index (Phi) is 3.93. The number of aryl methyl sites for hydroxylation is 1. The summed E-state index contributed by atoms with van der Waals surface area (Å²) in [4.78, 5) is 0. The Hall–Kier alpha value is -1.46. The first-order valence-corrected chi connectivity index (χ1v) is 6.72. The van der Waals surface area contributed by atoms with Crippen molar-refractivity contribution in [2.24, 2.45) is 5.73 Å². The third-order valence-corrected chi connectivity index (χ3v) is 3.43. The SMILES string of the molecule is Cc1ccc(C(C)C)c(Oc2nnc(CN)s2)c1. The summed E-state index contributed by atoms with van der Waals surface area (Å²) < 4.78 is 5.82. The van der Waals surface area contributed by atoms with Crippen LogP contribution in [0.1, 0.15) is 35.9 Å². The average Bonchev–Trinajstić information content (AvgIpc) is 2.76. The van der Waals surface area contributed by atoms with Gasteiger partial charge in [-0.15, -0.1) is 5.10 Å². The molecule has 2 N–H and O–H groups in total. The zero-order valence-electron chi connectivity index (χ0n) is 10.8. The lowest BCUT2D eigenvalue weighted by Gasteiger charge is -2.12. The average molecular weight is 263 g/mol. The Balaban J connectivity index is 2.29. The van der Waals surface area contributed by atoms with Crippen LogP contribution in [0.2, 0.25) is 0 Å². The highest BCUT2D eigenvalue weighted by molar-refractivity contribution is 7.13. The molecule has 1 aromatic heterocycles. The van der Waals surface area contributed by atoms with Crippen molar-refractivity contribution < 1.29 is 4.74 Å². The standard InChI is InChI=1S/C13H17N3OS/c1-8(2)10-5-4-9(3)6-11(10)17-13-16-15-12(7-14)18-13/h4-6,8H,7,14H2,1-3H3. The molecule has 18 heavy (non-hydrogen) atoms. The largest absolute Gasteiger partial charge is 0.429 e. The molecule has 5 heteroatoms. The van der Waals surface area contributed by atoms with Gasteiger partial charge in [0.15, 0.2) is 0 Å². The third kappa shape index (κ3) is 2.86. The molecule has 0 aliphatic heterocycles. The smallest absolute Gasteiger partial charge is 0.299 e. The zero-order valence-corrected chi connectivity index (χ0v) is 11.6. The van der Waals surface area contributed by atoms with E-state index >= 15 is 0 Å². The van der Waals surface area contributed by atoms with Gasteiger partial charge in [0.25, 0.3) is 5.19 Å². The van der Waals surface area contributed by atoms with Gasteiger partial charge in [-0.05, 0) is 30.0 Å². The van der Waals surface area contributed by atoms with E-state index in [9.17, 15) is 0 Å². The molecule has 0 radical (unpaired) electrons. The molecule has 0 amide bonds. The van der Waals surface area contributed by atoms with Crippen molar-refractivity contribution >= 4 is 11.3 Å². The summed E-state index contributed by atoms with van der Waals surface area (Å²) in [6, 6.07) is 6.21. The number of rotatable bonds is 4. The molecule has 0 fully saturated rings. The van der Waals surface area contributed by atoms with Gasteiger partial charge in [-0.25, -0.2) is 0 Å². The predicted molar refractivity (Wildman–Crippen MR) is 73.1 cm³/mol. The predicted octanol–water partition coefficient (Wildman–Crippen LogP) is 3.22. The molecule has 0 saturated heterocycles. The molecular formula is C13H17N3OS. The number of aromatic nitrogens is 2. The van der Waals surface area contributed by atoms with E-state index in [1.54, 1.807) is 0 Å². The highest BCUT2D eigenvalue weighted by Gasteiger charge is 2.11. The quantitative estimate of drug-likeness (QED) is 0.920. The minimum absolute atomic E-state index is 0.395. The second kappa shape index (κ2) is 5.46. The Bertz CT molecular complexity index is 537. The molecule has 2 aromatic rings. The van der Waals surface area contributed by atoms with E-state index in [1.165, 1.54) is 16.9 Å². The molecule has 0 atom stereocenters. The molecule has 4 nitrogen and oxygen atoms in total. The fraction of sp³-hybridized carbons (Fsp3) is 0.385. The lowest BCUT2D eigenvalue weighted by Crippen LogP contribution is -1.94. The van der Waals surface area contributed by atoms with Crippen molar-refractivity contribution in [2.45, 2.75) is 33.2 Å². The fourth-order valence-corrected chi connectivity index (χ4v) is 2.24. The summed E-state index contributed by atoms with van der Waals surface area (Å²) in [6.45, 7) is 6.72. The van der Waals surface area contributed by atoms with Gasteiger partial charge in [-0.1, -0.05) is 42.4 Å². The van der Waals surface area contributed by atoms with Crippen molar-refractivity contribution in [1.29, 1.82) is 0 Å². The molecule has 0 bridgehead atoms. The van der Waals surface area contributed by atoms with E-state index in [2.05, 4.69) is 36.2 Å². The Morgan fingerprint density at radius 2 is 2.11 bits per heavy atom. The van der Waals surface area contributed by atoms with E-state index in [0.29, 0.717) is 17.7 Å². The maximum absolute atomic E-state index is 5.82. The van der Waals surface area contributed by atoms with Gasteiger partial charge in [0, 0.05) is 6.54 Å². The van der Waals surface area contributed by atoms with Crippen LogP contribution in [-0.4, -0.2) is 10.2 Å². The van der Waals surface area contributed by atoms with Crippen LogP contribution in [0.5, 0.6) is 10.9 Å². The van der Waals surface area contributed by atoms with E-state index in [0.717, 1.165) is 16.3 Å². The maximum Gasteiger partial charge on any atom is 0.299 e. The van der Waals surface area contributed by atoms with Crippen molar-refractivity contribution in [3.63, 3.8) is 0 Å². The Labute approximate surface area is 111 Å². The highest BCUT2D eigenvalue weighted by Crippen LogP contribution is 2.32. The minimum Gasteiger partial charge on any atom is -0.429 e. The number of hydrogen-bond acceptors (Lipinski definition) is 5. The molecule has 0 saturated carbocycles. The first-order chi connectivity index (χ1) is 8.60.